The maximum atomic E-state index is 13.0. The van der Waals surface area contributed by atoms with Gasteiger partial charge in [0.05, 0.1) is 12.7 Å². The molecule has 6 heteroatoms. The van der Waals surface area contributed by atoms with Crippen molar-refractivity contribution in [3.05, 3.63) is 83.0 Å². The average Bonchev–Trinajstić information content (AvgIpc) is 2.86. The van der Waals surface area contributed by atoms with Crippen LogP contribution < -0.4 is 9.47 Å². The molecule has 0 N–H and O–H groups in total. The van der Waals surface area contributed by atoms with E-state index in [9.17, 15) is 4.79 Å². The van der Waals surface area contributed by atoms with Crippen molar-refractivity contribution in [3.63, 3.8) is 0 Å². The van der Waals surface area contributed by atoms with Crippen molar-refractivity contribution in [2.75, 3.05) is 33.3 Å². The van der Waals surface area contributed by atoms with Crippen molar-refractivity contribution in [3.8, 4) is 17.4 Å². The van der Waals surface area contributed by atoms with Crippen LogP contribution in [-0.4, -0.2) is 54.0 Å². The summed E-state index contributed by atoms with van der Waals surface area (Å²) < 4.78 is 11.2. The zero-order chi connectivity index (χ0) is 23.4. The number of methoxy groups -OCH3 is 1. The van der Waals surface area contributed by atoms with E-state index in [4.69, 9.17) is 9.47 Å². The van der Waals surface area contributed by atoms with Gasteiger partial charge in [-0.25, -0.2) is 4.98 Å². The minimum Gasteiger partial charge on any atom is -0.496 e. The number of nitrogens with zero attached hydrogens (tertiary/aromatic N) is 3. The monoisotopic (exact) mass is 445 g/mol. The summed E-state index contributed by atoms with van der Waals surface area (Å²) in [5.41, 5.74) is 4.34. The van der Waals surface area contributed by atoms with Crippen LogP contribution in [0.25, 0.3) is 0 Å². The first kappa shape index (κ1) is 22.8. The number of pyridine rings is 1. The summed E-state index contributed by atoms with van der Waals surface area (Å²) >= 11 is 0. The van der Waals surface area contributed by atoms with Crippen molar-refractivity contribution in [1.82, 2.24) is 14.8 Å². The SMILES string of the molecule is COc1ccc(C(C)N2CCN(C(=O)c3ccc(Oc4ccccc4)nc3)CC2)c(C)c1C. The van der Waals surface area contributed by atoms with Gasteiger partial charge in [0.1, 0.15) is 11.5 Å². The van der Waals surface area contributed by atoms with Crippen LogP contribution in [0, 0.1) is 13.8 Å². The summed E-state index contributed by atoms with van der Waals surface area (Å²) in [6.45, 7) is 9.55. The zero-order valence-corrected chi connectivity index (χ0v) is 19.7. The lowest BCUT2D eigenvalue weighted by atomic mass is 9.96. The number of amides is 1. The van der Waals surface area contributed by atoms with E-state index in [2.05, 4.69) is 36.7 Å². The minimum atomic E-state index is 0.0116. The Morgan fingerprint density at radius 1 is 0.939 bits per heavy atom. The van der Waals surface area contributed by atoms with Gasteiger partial charge in [-0.2, -0.15) is 0 Å². The van der Waals surface area contributed by atoms with E-state index < -0.39 is 0 Å². The first-order valence-electron chi connectivity index (χ1n) is 11.3. The third-order valence-corrected chi connectivity index (χ3v) is 6.55. The van der Waals surface area contributed by atoms with Gasteiger partial charge < -0.3 is 14.4 Å². The molecule has 0 spiro atoms. The molecule has 3 aromatic rings. The zero-order valence-electron chi connectivity index (χ0n) is 19.7. The lowest BCUT2D eigenvalue weighted by Crippen LogP contribution is -2.49. The maximum absolute atomic E-state index is 13.0. The van der Waals surface area contributed by atoms with Crippen LogP contribution in [-0.2, 0) is 0 Å². The van der Waals surface area contributed by atoms with E-state index in [1.807, 2.05) is 41.3 Å². The molecule has 1 saturated heterocycles. The fraction of sp³-hybridized carbons (Fsp3) is 0.333. The fourth-order valence-corrected chi connectivity index (χ4v) is 4.36. The molecule has 1 amide bonds. The Labute approximate surface area is 195 Å². The van der Waals surface area contributed by atoms with Gasteiger partial charge in [0.2, 0.25) is 5.88 Å². The highest BCUT2D eigenvalue weighted by Crippen LogP contribution is 2.31. The normalized spacial score (nSPS) is 15.2. The maximum Gasteiger partial charge on any atom is 0.255 e. The predicted molar refractivity (Wildman–Crippen MR) is 129 cm³/mol. The number of carbonyl (C=O) groups excluding carboxylic acids is 1. The number of rotatable bonds is 6. The summed E-state index contributed by atoms with van der Waals surface area (Å²) in [7, 11) is 1.71. The van der Waals surface area contributed by atoms with E-state index in [0.29, 0.717) is 24.5 Å². The summed E-state index contributed by atoms with van der Waals surface area (Å²) in [6.07, 6.45) is 1.60. The Morgan fingerprint density at radius 2 is 1.67 bits per heavy atom. The first-order valence-corrected chi connectivity index (χ1v) is 11.3. The second-order valence-electron chi connectivity index (χ2n) is 8.41. The number of para-hydroxylation sites is 1. The number of piperazine rings is 1. The van der Waals surface area contributed by atoms with E-state index in [1.54, 1.807) is 25.4 Å². The summed E-state index contributed by atoms with van der Waals surface area (Å²) in [5.74, 6) is 2.13. The number of hydrogen-bond donors (Lipinski definition) is 0. The molecule has 172 valence electrons. The minimum absolute atomic E-state index is 0.0116. The predicted octanol–water partition coefficient (Wildman–Crippen LogP) is 5.02. The summed E-state index contributed by atoms with van der Waals surface area (Å²) in [4.78, 5) is 21.7. The molecule has 1 aliphatic rings. The van der Waals surface area contributed by atoms with Crippen LogP contribution >= 0.6 is 0 Å². The Balaban J connectivity index is 1.36. The number of hydrogen-bond acceptors (Lipinski definition) is 5. The molecular weight excluding hydrogens is 414 g/mol. The van der Waals surface area contributed by atoms with Gasteiger partial charge in [0.15, 0.2) is 0 Å². The molecule has 2 heterocycles. The standard InChI is InChI=1S/C27H31N3O3/c1-19-20(2)25(32-4)12-11-24(19)21(3)29-14-16-30(17-15-29)27(31)22-10-13-26(28-18-22)33-23-8-6-5-7-9-23/h5-13,18,21H,14-17H2,1-4H3. The molecule has 0 bridgehead atoms. The number of carbonyl (C=O) groups is 1. The van der Waals surface area contributed by atoms with Crippen LogP contribution in [0.3, 0.4) is 0 Å². The molecule has 1 atom stereocenters. The molecule has 1 fully saturated rings. The third-order valence-electron chi connectivity index (χ3n) is 6.55. The van der Waals surface area contributed by atoms with Crippen molar-refractivity contribution in [2.45, 2.75) is 26.8 Å². The van der Waals surface area contributed by atoms with E-state index >= 15 is 0 Å². The van der Waals surface area contributed by atoms with Gasteiger partial charge in [-0.15, -0.1) is 0 Å². The average molecular weight is 446 g/mol. The molecule has 1 unspecified atom stereocenters. The van der Waals surface area contributed by atoms with Crippen molar-refractivity contribution >= 4 is 5.91 Å². The van der Waals surface area contributed by atoms with Crippen LogP contribution in [0.1, 0.15) is 40.0 Å². The largest absolute Gasteiger partial charge is 0.496 e. The number of aromatic nitrogens is 1. The van der Waals surface area contributed by atoms with E-state index in [0.717, 1.165) is 24.6 Å². The first-order chi connectivity index (χ1) is 16.0. The summed E-state index contributed by atoms with van der Waals surface area (Å²) in [5, 5.41) is 0. The molecule has 1 aromatic heterocycles. The Kier molecular flexibility index (Phi) is 6.94. The van der Waals surface area contributed by atoms with Gasteiger partial charge in [0.25, 0.3) is 5.91 Å². The van der Waals surface area contributed by atoms with E-state index in [1.165, 1.54) is 16.7 Å². The lowest BCUT2D eigenvalue weighted by molar-refractivity contribution is 0.0581. The molecule has 2 aromatic carbocycles. The van der Waals surface area contributed by atoms with Crippen LogP contribution in [0.2, 0.25) is 0 Å². The molecule has 6 nitrogen and oxygen atoms in total. The number of benzene rings is 2. The van der Waals surface area contributed by atoms with Crippen LogP contribution in [0.4, 0.5) is 0 Å². The van der Waals surface area contributed by atoms with Gasteiger partial charge >= 0.3 is 0 Å². The van der Waals surface area contributed by atoms with Crippen molar-refractivity contribution in [2.24, 2.45) is 0 Å². The van der Waals surface area contributed by atoms with E-state index in [-0.39, 0.29) is 11.9 Å². The van der Waals surface area contributed by atoms with Gasteiger partial charge in [-0.3, -0.25) is 9.69 Å². The molecule has 33 heavy (non-hydrogen) atoms. The van der Waals surface area contributed by atoms with Gasteiger partial charge in [-0.05, 0) is 61.7 Å². The Hall–Kier alpha value is -3.38. The van der Waals surface area contributed by atoms with Crippen molar-refractivity contribution < 1.29 is 14.3 Å². The highest BCUT2D eigenvalue weighted by molar-refractivity contribution is 5.94. The molecular formula is C27H31N3O3. The van der Waals surface area contributed by atoms with Gasteiger partial charge in [-0.1, -0.05) is 24.3 Å². The number of ether oxygens (including phenoxy) is 2. The Bertz CT molecular complexity index is 1090. The Morgan fingerprint density at radius 3 is 2.30 bits per heavy atom. The molecule has 1 aliphatic heterocycles. The lowest BCUT2D eigenvalue weighted by Gasteiger charge is -2.38. The van der Waals surface area contributed by atoms with Crippen LogP contribution in [0.5, 0.6) is 17.4 Å². The van der Waals surface area contributed by atoms with Crippen molar-refractivity contribution in [1.29, 1.82) is 0 Å². The third kappa shape index (κ3) is 5.01. The smallest absolute Gasteiger partial charge is 0.255 e. The fourth-order valence-electron chi connectivity index (χ4n) is 4.36. The van der Waals surface area contributed by atoms with Crippen LogP contribution in [0.15, 0.2) is 60.8 Å². The molecule has 0 saturated carbocycles. The quantitative estimate of drug-likeness (QED) is 0.533. The molecule has 4 rings (SSSR count). The molecule has 0 aliphatic carbocycles. The topological polar surface area (TPSA) is 54.9 Å². The molecule has 0 radical (unpaired) electrons. The highest BCUT2D eigenvalue weighted by Gasteiger charge is 2.26. The summed E-state index contributed by atoms with van der Waals surface area (Å²) in [6, 6.07) is 17.5. The second-order valence-corrected chi connectivity index (χ2v) is 8.41. The highest BCUT2D eigenvalue weighted by atomic mass is 16.5. The van der Waals surface area contributed by atoms with Gasteiger partial charge in [0, 0.05) is 44.5 Å². The second kappa shape index (κ2) is 10.0.